The topological polar surface area (TPSA) is 47.6 Å². The van der Waals surface area contributed by atoms with Crippen LogP contribution >= 0.6 is 0 Å². The molecule has 0 spiro atoms. The van der Waals surface area contributed by atoms with Gasteiger partial charge in [0.2, 0.25) is 5.91 Å². The molecule has 1 amide bonds. The lowest BCUT2D eigenvalue weighted by Gasteiger charge is -2.22. The van der Waals surface area contributed by atoms with E-state index in [1.54, 1.807) is 6.08 Å². The third-order valence-electron chi connectivity index (χ3n) is 2.43. The van der Waals surface area contributed by atoms with E-state index in [0.29, 0.717) is 6.61 Å². The Morgan fingerprint density at radius 2 is 2.35 bits per heavy atom. The zero-order valence-electron chi connectivity index (χ0n) is 10.8. The highest BCUT2D eigenvalue weighted by Crippen LogP contribution is 2.13. The molecule has 0 aromatic heterocycles. The van der Waals surface area contributed by atoms with Gasteiger partial charge in [0.25, 0.3) is 0 Å². The monoisotopic (exact) mass is 241 g/mol. The van der Waals surface area contributed by atoms with Crippen LogP contribution in [-0.4, -0.2) is 31.5 Å². The Labute approximate surface area is 103 Å². The second-order valence-corrected chi connectivity index (χ2v) is 4.52. The van der Waals surface area contributed by atoms with Gasteiger partial charge in [0.15, 0.2) is 6.29 Å². The third-order valence-corrected chi connectivity index (χ3v) is 2.43. The van der Waals surface area contributed by atoms with Crippen molar-refractivity contribution in [3.63, 3.8) is 0 Å². The van der Waals surface area contributed by atoms with E-state index in [9.17, 15) is 4.79 Å². The number of carbonyl (C=O) groups is 1. The van der Waals surface area contributed by atoms with Crippen molar-refractivity contribution in [1.82, 2.24) is 5.32 Å². The van der Waals surface area contributed by atoms with Crippen LogP contribution < -0.4 is 5.32 Å². The van der Waals surface area contributed by atoms with E-state index in [2.05, 4.69) is 5.32 Å². The van der Waals surface area contributed by atoms with Gasteiger partial charge in [0.1, 0.15) is 0 Å². The molecule has 0 aromatic carbocycles. The smallest absolute Gasteiger partial charge is 0.243 e. The molecule has 0 aliphatic carbocycles. The molecule has 1 fully saturated rings. The van der Waals surface area contributed by atoms with Crippen molar-refractivity contribution in [3.05, 3.63) is 12.2 Å². The first-order valence-corrected chi connectivity index (χ1v) is 6.38. The van der Waals surface area contributed by atoms with E-state index in [0.717, 1.165) is 25.9 Å². The van der Waals surface area contributed by atoms with Crippen molar-refractivity contribution in [2.75, 3.05) is 13.2 Å². The third kappa shape index (κ3) is 7.13. The maximum absolute atomic E-state index is 11.3. The van der Waals surface area contributed by atoms with Crippen molar-refractivity contribution in [1.29, 1.82) is 0 Å². The molecule has 1 rings (SSSR count). The average Bonchev–Trinajstić information content (AvgIpc) is 2.29. The molecule has 1 aliphatic heterocycles. The Bertz CT molecular complexity index is 245. The predicted molar refractivity (Wildman–Crippen MR) is 66.6 cm³/mol. The van der Waals surface area contributed by atoms with Crippen LogP contribution in [0.4, 0.5) is 0 Å². The van der Waals surface area contributed by atoms with Crippen LogP contribution in [0.2, 0.25) is 0 Å². The highest BCUT2D eigenvalue weighted by molar-refractivity contribution is 5.87. The van der Waals surface area contributed by atoms with Crippen molar-refractivity contribution in [3.8, 4) is 0 Å². The minimum absolute atomic E-state index is 0.0401. The molecule has 0 radical (unpaired) electrons. The molecule has 1 unspecified atom stereocenters. The van der Waals surface area contributed by atoms with Gasteiger partial charge in [-0.1, -0.05) is 6.08 Å². The molecule has 0 aromatic rings. The molecule has 0 bridgehead atoms. The Morgan fingerprint density at radius 1 is 1.53 bits per heavy atom. The zero-order chi connectivity index (χ0) is 12.5. The lowest BCUT2D eigenvalue weighted by molar-refractivity contribution is -0.161. The summed E-state index contributed by atoms with van der Waals surface area (Å²) in [7, 11) is 0. The van der Waals surface area contributed by atoms with Gasteiger partial charge < -0.3 is 14.8 Å². The van der Waals surface area contributed by atoms with Crippen LogP contribution in [-0.2, 0) is 14.3 Å². The van der Waals surface area contributed by atoms with Gasteiger partial charge >= 0.3 is 0 Å². The molecular weight excluding hydrogens is 218 g/mol. The SMILES string of the molecule is CC(C)NC(=O)C=CCCOC1CCCCO1. The van der Waals surface area contributed by atoms with Crippen molar-refractivity contribution in [2.45, 2.75) is 51.9 Å². The van der Waals surface area contributed by atoms with Crippen LogP contribution in [0.15, 0.2) is 12.2 Å². The first kappa shape index (κ1) is 14.2. The summed E-state index contributed by atoms with van der Waals surface area (Å²) in [4.78, 5) is 11.3. The summed E-state index contributed by atoms with van der Waals surface area (Å²) in [6.07, 6.45) is 7.39. The van der Waals surface area contributed by atoms with Crippen LogP contribution in [0.5, 0.6) is 0 Å². The van der Waals surface area contributed by atoms with E-state index in [-0.39, 0.29) is 18.2 Å². The lowest BCUT2D eigenvalue weighted by Crippen LogP contribution is -2.28. The molecule has 17 heavy (non-hydrogen) atoms. The van der Waals surface area contributed by atoms with Crippen LogP contribution in [0.3, 0.4) is 0 Å². The Kier molecular flexibility index (Phi) is 6.89. The van der Waals surface area contributed by atoms with Gasteiger partial charge in [-0.15, -0.1) is 0 Å². The van der Waals surface area contributed by atoms with Gasteiger partial charge in [0, 0.05) is 12.6 Å². The predicted octanol–water partition coefficient (Wildman–Crippen LogP) is 2.00. The number of hydrogen-bond donors (Lipinski definition) is 1. The van der Waals surface area contributed by atoms with E-state index < -0.39 is 0 Å². The molecule has 4 heteroatoms. The van der Waals surface area contributed by atoms with Gasteiger partial charge in [0.05, 0.1) is 6.61 Å². The van der Waals surface area contributed by atoms with E-state index in [1.165, 1.54) is 6.42 Å². The number of ether oxygens (including phenoxy) is 2. The Hall–Kier alpha value is -0.870. The summed E-state index contributed by atoms with van der Waals surface area (Å²) in [5.74, 6) is -0.0473. The maximum atomic E-state index is 11.3. The van der Waals surface area contributed by atoms with Crippen molar-refractivity contribution in [2.24, 2.45) is 0 Å². The molecule has 1 saturated heterocycles. The average molecular weight is 241 g/mol. The second-order valence-electron chi connectivity index (χ2n) is 4.52. The second kappa shape index (κ2) is 8.25. The highest BCUT2D eigenvalue weighted by Gasteiger charge is 2.12. The molecular formula is C13H23NO3. The minimum Gasteiger partial charge on any atom is -0.353 e. The summed E-state index contributed by atoms with van der Waals surface area (Å²) in [6, 6.07) is 0.180. The van der Waals surface area contributed by atoms with E-state index in [4.69, 9.17) is 9.47 Å². The number of hydrogen-bond acceptors (Lipinski definition) is 3. The normalized spacial score (nSPS) is 21.0. The summed E-state index contributed by atoms with van der Waals surface area (Å²) < 4.78 is 11.0. The first-order valence-electron chi connectivity index (χ1n) is 6.38. The molecule has 4 nitrogen and oxygen atoms in total. The van der Waals surface area contributed by atoms with Gasteiger partial charge in [-0.3, -0.25) is 4.79 Å². The van der Waals surface area contributed by atoms with Crippen molar-refractivity contribution < 1.29 is 14.3 Å². The van der Waals surface area contributed by atoms with Crippen molar-refractivity contribution >= 4 is 5.91 Å². The quantitative estimate of drug-likeness (QED) is 0.571. The molecule has 1 heterocycles. The fourth-order valence-corrected chi connectivity index (χ4v) is 1.63. The Morgan fingerprint density at radius 3 is 3.00 bits per heavy atom. The molecule has 0 saturated carbocycles. The molecule has 98 valence electrons. The van der Waals surface area contributed by atoms with Gasteiger partial charge in [-0.25, -0.2) is 0 Å². The number of rotatable bonds is 6. The first-order chi connectivity index (χ1) is 8.18. The van der Waals surface area contributed by atoms with Crippen LogP contribution in [0.25, 0.3) is 0 Å². The van der Waals surface area contributed by atoms with Crippen LogP contribution in [0.1, 0.15) is 39.5 Å². The van der Waals surface area contributed by atoms with Crippen LogP contribution in [0, 0.1) is 0 Å². The van der Waals surface area contributed by atoms with Gasteiger partial charge in [-0.05, 0) is 45.6 Å². The largest absolute Gasteiger partial charge is 0.353 e. The fraction of sp³-hybridized carbons (Fsp3) is 0.769. The lowest BCUT2D eigenvalue weighted by atomic mass is 10.2. The Balaban J connectivity index is 2.02. The minimum atomic E-state index is -0.0473. The zero-order valence-corrected chi connectivity index (χ0v) is 10.8. The molecule has 1 N–H and O–H groups in total. The van der Waals surface area contributed by atoms with E-state index in [1.807, 2.05) is 19.9 Å². The fourth-order valence-electron chi connectivity index (χ4n) is 1.63. The van der Waals surface area contributed by atoms with Gasteiger partial charge in [-0.2, -0.15) is 0 Å². The number of carbonyl (C=O) groups excluding carboxylic acids is 1. The highest BCUT2D eigenvalue weighted by atomic mass is 16.7. The maximum Gasteiger partial charge on any atom is 0.243 e. The van der Waals surface area contributed by atoms with E-state index >= 15 is 0 Å². The summed E-state index contributed by atoms with van der Waals surface area (Å²) in [5, 5.41) is 2.79. The number of nitrogens with one attached hydrogen (secondary N) is 1. The summed E-state index contributed by atoms with van der Waals surface area (Å²) in [6.45, 7) is 5.29. The summed E-state index contributed by atoms with van der Waals surface area (Å²) >= 11 is 0. The summed E-state index contributed by atoms with van der Waals surface area (Å²) in [5.41, 5.74) is 0. The standard InChI is InChI=1S/C13H23NO3/c1-11(2)14-12(15)7-3-5-9-16-13-8-4-6-10-17-13/h3,7,11,13H,4-6,8-10H2,1-2H3,(H,14,15). The molecule has 1 aliphatic rings. The number of amides is 1. The molecule has 1 atom stereocenters.